The average Bonchev–Trinajstić information content (AvgIpc) is 3.05. The van der Waals surface area contributed by atoms with Gasteiger partial charge in [-0.25, -0.2) is 0 Å². The van der Waals surface area contributed by atoms with E-state index in [1.165, 1.54) is 18.4 Å². The molecule has 4 rings (SSSR count). The number of amides is 1. The number of hydrogen-bond acceptors (Lipinski definition) is 3. The van der Waals surface area contributed by atoms with E-state index in [1.807, 2.05) is 11.0 Å². The molecule has 0 bridgehead atoms. The van der Waals surface area contributed by atoms with E-state index in [0.717, 1.165) is 32.1 Å². The van der Waals surface area contributed by atoms with Crippen molar-refractivity contribution in [3.63, 3.8) is 0 Å². The first-order valence-corrected chi connectivity index (χ1v) is 13.3. The highest BCUT2D eigenvalue weighted by molar-refractivity contribution is 7.80. The van der Waals surface area contributed by atoms with Crippen molar-refractivity contribution < 1.29 is 9.59 Å². The minimum Gasteiger partial charge on any atom is -0.360 e. The minimum absolute atomic E-state index is 0.0560. The van der Waals surface area contributed by atoms with Crippen molar-refractivity contribution in [2.75, 3.05) is 0 Å². The van der Waals surface area contributed by atoms with Crippen LogP contribution in [-0.4, -0.2) is 33.8 Å². The van der Waals surface area contributed by atoms with Crippen molar-refractivity contribution in [3.8, 4) is 0 Å². The number of nitrogens with one attached hydrogen (secondary N) is 1. The molecule has 6 atom stereocenters. The van der Waals surface area contributed by atoms with Gasteiger partial charge >= 0.3 is 0 Å². The van der Waals surface area contributed by atoms with E-state index in [4.69, 9.17) is 12.2 Å². The quantitative estimate of drug-likeness (QED) is 0.555. The van der Waals surface area contributed by atoms with Gasteiger partial charge in [0, 0.05) is 24.4 Å². The van der Waals surface area contributed by atoms with E-state index in [1.54, 1.807) is 0 Å². The SMILES string of the molecule is CC(C)NC(=S)N(C(=O)C1CCC2C3CCC4=CC(=O)CC[C@]4(C)C3CC[C@]12C)C(C)C. The number of rotatable bonds is 3. The van der Waals surface area contributed by atoms with Gasteiger partial charge in [-0.1, -0.05) is 19.4 Å². The second-order valence-electron chi connectivity index (χ2n) is 12.0. The summed E-state index contributed by atoms with van der Waals surface area (Å²) >= 11 is 5.66. The Labute approximate surface area is 200 Å². The highest BCUT2D eigenvalue weighted by Gasteiger charge is 2.60. The number of thiocarbonyl (C=S) groups is 1. The van der Waals surface area contributed by atoms with Crippen LogP contribution in [0.1, 0.15) is 92.9 Å². The number of ketones is 1. The smallest absolute Gasteiger partial charge is 0.232 e. The third kappa shape index (κ3) is 3.76. The Morgan fingerprint density at radius 3 is 2.44 bits per heavy atom. The van der Waals surface area contributed by atoms with Crippen LogP contribution in [0.2, 0.25) is 0 Å². The molecular weight excluding hydrogens is 416 g/mol. The van der Waals surface area contributed by atoms with Gasteiger partial charge in [-0.2, -0.15) is 0 Å². The molecular formula is C27H42N2O2S. The van der Waals surface area contributed by atoms with Crippen molar-refractivity contribution in [2.24, 2.45) is 34.5 Å². The number of carbonyl (C=O) groups excluding carboxylic acids is 2. The monoisotopic (exact) mass is 458 g/mol. The molecule has 3 fully saturated rings. The Hall–Kier alpha value is -1.23. The maximum Gasteiger partial charge on any atom is 0.232 e. The van der Waals surface area contributed by atoms with Crippen LogP contribution in [0.5, 0.6) is 0 Å². The van der Waals surface area contributed by atoms with E-state index in [-0.39, 0.29) is 34.7 Å². The molecule has 0 saturated heterocycles. The Morgan fingerprint density at radius 1 is 1.06 bits per heavy atom. The van der Waals surface area contributed by atoms with Crippen LogP contribution >= 0.6 is 12.2 Å². The first kappa shape index (κ1) is 23.9. The predicted molar refractivity (Wildman–Crippen MR) is 133 cm³/mol. The van der Waals surface area contributed by atoms with E-state index in [2.05, 4.69) is 46.9 Å². The summed E-state index contributed by atoms with van der Waals surface area (Å²) in [7, 11) is 0. The van der Waals surface area contributed by atoms with Crippen LogP contribution in [0.15, 0.2) is 11.6 Å². The Kier molecular flexibility index (Phi) is 6.37. The zero-order valence-corrected chi connectivity index (χ0v) is 21.7. The summed E-state index contributed by atoms with van der Waals surface area (Å²) in [5.74, 6) is 2.55. The zero-order chi connectivity index (χ0) is 23.4. The molecule has 32 heavy (non-hydrogen) atoms. The van der Waals surface area contributed by atoms with Gasteiger partial charge < -0.3 is 5.32 Å². The average molecular weight is 459 g/mol. The lowest BCUT2D eigenvalue weighted by molar-refractivity contribution is -0.140. The maximum absolute atomic E-state index is 13.9. The van der Waals surface area contributed by atoms with Gasteiger partial charge in [0.1, 0.15) is 0 Å². The summed E-state index contributed by atoms with van der Waals surface area (Å²) in [5, 5.41) is 3.88. The van der Waals surface area contributed by atoms with E-state index >= 15 is 0 Å². The molecule has 1 N–H and O–H groups in total. The highest BCUT2D eigenvalue weighted by atomic mass is 32.1. The molecule has 178 valence electrons. The Bertz CT molecular complexity index is 834. The Balaban J connectivity index is 1.58. The van der Waals surface area contributed by atoms with E-state index < -0.39 is 0 Å². The fourth-order valence-corrected chi connectivity index (χ4v) is 8.57. The Morgan fingerprint density at radius 2 is 1.78 bits per heavy atom. The van der Waals surface area contributed by atoms with Crippen LogP contribution in [0.4, 0.5) is 0 Å². The number of fused-ring (bicyclic) bond motifs is 5. The summed E-state index contributed by atoms with van der Waals surface area (Å²) in [6.07, 6.45) is 10.4. The van der Waals surface area contributed by atoms with Crippen molar-refractivity contribution in [1.29, 1.82) is 0 Å². The maximum atomic E-state index is 13.9. The van der Waals surface area contributed by atoms with Crippen LogP contribution < -0.4 is 5.32 Å². The van der Waals surface area contributed by atoms with E-state index in [9.17, 15) is 9.59 Å². The summed E-state index contributed by atoms with van der Waals surface area (Å²) in [5.41, 5.74) is 1.66. The van der Waals surface area contributed by atoms with Crippen molar-refractivity contribution >= 4 is 29.0 Å². The summed E-state index contributed by atoms with van der Waals surface area (Å²) in [6.45, 7) is 13.1. The van der Waals surface area contributed by atoms with E-state index in [0.29, 0.717) is 35.1 Å². The number of hydrogen-bond donors (Lipinski definition) is 1. The highest BCUT2D eigenvalue weighted by Crippen LogP contribution is 2.66. The molecule has 3 saturated carbocycles. The first-order chi connectivity index (χ1) is 15.0. The molecule has 0 spiro atoms. The molecule has 0 aromatic carbocycles. The predicted octanol–water partition coefficient (Wildman–Crippen LogP) is 5.65. The molecule has 4 nitrogen and oxygen atoms in total. The topological polar surface area (TPSA) is 49.4 Å². The minimum atomic E-state index is 0.0560. The molecule has 5 heteroatoms. The standard InChI is InChI=1S/C27H42N2O2S/c1-16(2)28-25(32)29(17(3)4)24(31)23-10-9-21-20-8-7-18-15-19(30)11-13-26(18,5)22(20)12-14-27(21,23)6/h15-17,20-23H,7-14H2,1-6H3,(H,28,32)/t20?,21?,22?,23?,26-,27-/m0/s1. The van der Waals surface area contributed by atoms with Crippen LogP contribution in [0.25, 0.3) is 0 Å². The second-order valence-corrected chi connectivity index (χ2v) is 12.4. The number of allylic oxidation sites excluding steroid dienone is 1. The van der Waals surface area contributed by atoms with Crippen molar-refractivity contribution in [2.45, 2.75) is 105 Å². The summed E-state index contributed by atoms with van der Waals surface area (Å²) in [4.78, 5) is 27.8. The normalized spacial score (nSPS) is 38.6. The molecule has 0 aromatic rings. The largest absolute Gasteiger partial charge is 0.360 e. The molecule has 4 aliphatic rings. The third-order valence-corrected chi connectivity index (χ3v) is 9.96. The molecule has 0 radical (unpaired) electrons. The number of carbonyl (C=O) groups is 2. The van der Waals surface area contributed by atoms with Gasteiger partial charge in [0.2, 0.25) is 5.91 Å². The second kappa shape index (κ2) is 8.52. The van der Waals surface area contributed by atoms with Crippen LogP contribution in [-0.2, 0) is 9.59 Å². The molecule has 0 aliphatic heterocycles. The lowest BCUT2D eigenvalue weighted by Gasteiger charge is -2.58. The van der Waals surface area contributed by atoms with Crippen molar-refractivity contribution in [3.05, 3.63) is 11.6 Å². The molecule has 1 amide bonds. The summed E-state index contributed by atoms with van der Waals surface area (Å²) < 4.78 is 0. The van der Waals surface area contributed by atoms with Gasteiger partial charge in [0.25, 0.3) is 0 Å². The van der Waals surface area contributed by atoms with Gasteiger partial charge in [0.15, 0.2) is 10.9 Å². The first-order valence-electron chi connectivity index (χ1n) is 12.9. The van der Waals surface area contributed by atoms with Crippen molar-refractivity contribution in [1.82, 2.24) is 10.2 Å². The summed E-state index contributed by atoms with van der Waals surface area (Å²) in [6, 6.07) is 0.271. The van der Waals surface area contributed by atoms with Gasteiger partial charge in [-0.15, -0.1) is 0 Å². The fourth-order valence-electron chi connectivity index (χ4n) is 8.04. The fraction of sp³-hybridized carbons (Fsp3) is 0.815. The van der Waals surface area contributed by atoms with Gasteiger partial charge in [-0.05, 0) is 120 Å². The lowest BCUT2D eigenvalue weighted by atomic mass is 9.47. The number of nitrogens with zero attached hydrogens (tertiary/aromatic N) is 1. The van der Waals surface area contributed by atoms with Gasteiger partial charge in [0.05, 0.1) is 0 Å². The molecule has 0 heterocycles. The lowest BCUT2D eigenvalue weighted by Crippen LogP contribution is -2.55. The zero-order valence-electron chi connectivity index (χ0n) is 20.9. The molecule has 4 unspecified atom stereocenters. The molecule has 4 aliphatic carbocycles. The third-order valence-electron chi connectivity index (χ3n) is 9.64. The van der Waals surface area contributed by atoms with Gasteiger partial charge in [-0.3, -0.25) is 14.5 Å². The molecule has 0 aromatic heterocycles. The van der Waals surface area contributed by atoms with Crippen LogP contribution in [0, 0.1) is 34.5 Å². The van der Waals surface area contributed by atoms with Crippen LogP contribution in [0.3, 0.4) is 0 Å².